The maximum atomic E-state index is 12.1. The van der Waals surface area contributed by atoms with Gasteiger partial charge in [0.2, 0.25) is 11.7 Å². The van der Waals surface area contributed by atoms with Gasteiger partial charge in [-0.25, -0.2) is 4.57 Å². The molecule has 16 heavy (non-hydrogen) atoms. The minimum atomic E-state index is -0.721. The lowest BCUT2D eigenvalue weighted by atomic mass is 9.88. The first kappa shape index (κ1) is 10.8. The summed E-state index contributed by atoms with van der Waals surface area (Å²) in [5.74, 6) is -0.932. The molecule has 1 heterocycles. The number of carbonyl (C=O) groups excluding carboxylic acids is 2. The Bertz CT molecular complexity index is 407. The molecule has 1 aromatic heterocycles. The van der Waals surface area contributed by atoms with Gasteiger partial charge in [-0.2, -0.15) is 0 Å². The van der Waals surface area contributed by atoms with Crippen molar-refractivity contribution < 1.29 is 9.59 Å². The van der Waals surface area contributed by atoms with Gasteiger partial charge in [-0.1, -0.05) is 19.3 Å². The molecule has 2 N–H and O–H groups in total. The number of nitrogens with two attached hydrogens (primary N) is 1. The third-order valence-electron chi connectivity index (χ3n) is 2.96. The van der Waals surface area contributed by atoms with Gasteiger partial charge in [0.1, 0.15) is 6.33 Å². The maximum Gasteiger partial charge on any atom is 0.287 e. The van der Waals surface area contributed by atoms with Crippen LogP contribution in [0.2, 0.25) is 0 Å². The van der Waals surface area contributed by atoms with Crippen LogP contribution in [0.15, 0.2) is 6.33 Å². The highest BCUT2D eigenvalue weighted by molar-refractivity contribution is 5.94. The minimum absolute atomic E-state index is 0.0251. The summed E-state index contributed by atoms with van der Waals surface area (Å²) in [7, 11) is 0. The van der Waals surface area contributed by atoms with E-state index in [2.05, 4.69) is 10.2 Å². The molecule has 0 aliphatic heterocycles. The molecule has 0 radical (unpaired) electrons. The van der Waals surface area contributed by atoms with Crippen molar-refractivity contribution in [3.63, 3.8) is 0 Å². The molecular weight excluding hydrogens is 208 g/mol. The van der Waals surface area contributed by atoms with Crippen LogP contribution in [0.3, 0.4) is 0 Å². The van der Waals surface area contributed by atoms with E-state index in [1.165, 1.54) is 17.3 Å². The Morgan fingerprint density at radius 1 is 1.31 bits per heavy atom. The van der Waals surface area contributed by atoms with Crippen LogP contribution >= 0.6 is 0 Å². The van der Waals surface area contributed by atoms with Crippen molar-refractivity contribution in [3.8, 4) is 0 Å². The molecular formula is C10H14N4O2. The predicted molar refractivity (Wildman–Crippen MR) is 55.7 cm³/mol. The Morgan fingerprint density at radius 2 is 2.00 bits per heavy atom. The number of hydrogen-bond donors (Lipinski definition) is 1. The Morgan fingerprint density at radius 3 is 2.62 bits per heavy atom. The molecule has 0 spiro atoms. The lowest BCUT2D eigenvalue weighted by molar-refractivity contribution is 0.0785. The van der Waals surface area contributed by atoms with Crippen LogP contribution in [-0.4, -0.2) is 26.6 Å². The molecule has 6 nitrogen and oxygen atoms in total. The van der Waals surface area contributed by atoms with Crippen LogP contribution in [-0.2, 0) is 0 Å². The van der Waals surface area contributed by atoms with E-state index in [0.717, 1.165) is 25.7 Å². The second kappa shape index (κ2) is 4.42. The fourth-order valence-electron chi connectivity index (χ4n) is 2.11. The third kappa shape index (κ3) is 1.95. The van der Waals surface area contributed by atoms with Crippen molar-refractivity contribution in [2.75, 3.05) is 0 Å². The molecule has 0 atom stereocenters. The molecule has 1 aliphatic carbocycles. The second-order valence-electron chi connectivity index (χ2n) is 4.06. The summed E-state index contributed by atoms with van der Waals surface area (Å²) in [6.45, 7) is 0. The standard InChI is InChI=1S/C10H14N4O2/c11-8(15)9-13-12-6-14(9)10(16)7-4-2-1-3-5-7/h6-7H,1-5H2,(H2,11,15). The highest BCUT2D eigenvalue weighted by atomic mass is 16.2. The van der Waals surface area contributed by atoms with Gasteiger partial charge >= 0.3 is 0 Å². The van der Waals surface area contributed by atoms with Crippen LogP contribution in [0, 0.1) is 5.92 Å². The number of primary amides is 1. The van der Waals surface area contributed by atoms with E-state index < -0.39 is 5.91 Å². The zero-order valence-corrected chi connectivity index (χ0v) is 8.93. The minimum Gasteiger partial charge on any atom is -0.363 e. The maximum absolute atomic E-state index is 12.1. The topological polar surface area (TPSA) is 90.9 Å². The highest BCUT2D eigenvalue weighted by Gasteiger charge is 2.25. The van der Waals surface area contributed by atoms with Crippen LogP contribution in [0.25, 0.3) is 0 Å². The van der Waals surface area contributed by atoms with Crippen LogP contribution < -0.4 is 5.73 Å². The van der Waals surface area contributed by atoms with Crippen molar-refractivity contribution in [3.05, 3.63) is 12.2 Å². The van der Waals surface area contributed by atoms with E-state index in [9.17, 15) is 9.59 Å². The Hall–Kier alpha value is -1.72. The van der Waals surface area contributed by atoms with Crippen molar-refractivity contribution in [1.29, 1.82) is 0 Å². The van der Waals surface area contributed by atoms with Crippen molar-refractivity contribution >= 4 is 11.8 Å². The molecule has 0 bridgehead atoms. The van der Waals surface area contributed by atoms with E-state index in [-0.39, 0.29) is 17.6 Å². The number of nitrogens with zero attached hydrogens (tertiary/aromatic N) is 3. The summed E-state index contributed by atoms with van der Waals surface area (Å²) < 4.78 is 1.18. The monoisotopic (exact) mass is 222 g/mol. The van der Waals surface area contributed by atoms with Crippen molar-refractivity contribution in [2.45, 2.75) is 32.1 Å². The summed E-state index contributed by atoms with van der Waals surface area (Å²) in [4.78, 5) is 23.1. The summed E-state index contributed by atoms with van der Waals surface area (Å²) in [6, 6.07) is 0. The smallest absolute Gasteiger partial charge is 0.287 e. The van der Waals surface area contributed by atoms with Gasteiger partial charge < -0.3 is 5.73 Å². The summed E-state index contributed by atoms with van der Waals surface area (Å²) in [5.41, 5.74) is 5.11. The third-order valence-corrected chi connectivity index (χ3v) is 2.96. The van der Waals surface area contributed by atoms with E-state index in [4.69, 9.17) is 5.73 Å². The predicted octanol–water partition coefficient (Wildman–Crippen LogP) is 0.597. The average molecular weight is 222 g/mol. The van der Waals surface area contributed by atoms with Gasteiger partial charge in [0, 0.05) is 5.92 Å². The first-order chi connectivity index (χ1) is 7.70. The molecule has 6 heteroatoms. The molecule has 0 unspecified atom stereocenters. The molecule has 86 valence electrons. The van der Waals surface area contributed by atoms with E-state index in [1.54, 1.807) is 0 Å². The van der Waals surface area contributed by atoms with Gasteiger partial charge in [-0.05, 0) is 12.8 Å². The SMILES string of the molecule is NC(=O)c1nncn1C(=O)C1CCCCC1. The highest BCUT2D eigenvalue weighted by Crippen LogP contribution is 2.25. The lowest BCUT2D eigenvalue weighted by Crippen LogP contribution is -2.28. The van der Waals surface area contributed by atoms with Crippen LogP contribution in [0.4, 0.5) is 0 Å². The number of hydrogen-bond acceptors (Lipinski definition) is 4. The average Bonchev–Trinajstić information content (AvgIpc) is 2.78. The van der Waals surface area contributed by atoms with Crippen molar-refractivity contribution in [2.24, 2.45) is 11.7 Å². The van der Waals surface area contributed by atoms with Gasteiger partial charge in [0.25, 0.3) is 5.91 Å². The Labute approximate surface area is 92.8 Å². The fourth-order valence-corrected chi connectivity index (χ4v) is 2.11. The van der Waals surface area contributed by atoms with E-state index in [1.807, 2.05) is 0 Å². The number of carbonyl (C=O) groups is 2. The molecule has 1 aliphatic rings. The molecule has 1 saturated carbocycles. The van der Waals surface area contributed by atoms with Crippen LogP contribution in [0.1, 0.15) is 47.5 Å². The first-order valence-corrected chi connectivity index (χ1v) is 5.44. The quantitative estimate of drug-likeness (QED) is 0.793. The molecule has 0 aromatic carbocycles. The normalized spacial score (nSPS) is 17.2. The van der Waals surface area contributed by atoms with E-state index >= 15 is 0 Å². The number of amides is 1. The fraction of sp³-hybridized carbons (Fsp3) is 0.600. The Balaban J connectivity index is 2.19. The summed E-state index contributed by atoms with van der Waals surface area (Å²) in [6.07, 6.45) is 6.30. The molecule has 1 fully saturated rings. The molecule has 1 amide bonds. The molecule has 0 saturated heterocycles. The van der Waals surface area contributed by atoms with E-state index in [0.29, 0.717) is 0 Å². The largest absolute Gasteiger partial charge is 0.363 e. The number of aromatic nitrogens is 3. The molecule has 2 rings (SSSR count). The zero-order valence-electron chi connectivity index (χ0n) is 8.93. The summed E-state index contributed by atoms with van der Waals surface area (Å²) in [5, 5.41) is 7.10. The van der Waals surface area contributed by atoms with Gasteiger partial charge in [0.05, 0.1) is 0 Å². The van der Waals surface area contributed by atoms with Gasteiger partial charge in [-0.3, -0.25) is 9.59 Å². The lowest BCUT2D eigenvalue weighted by Gasteiger charge is -2.20. The number of rotatable bonds is 2. The second-order valence-corrected chi connectivity index (χ2v) is 4.06. The van der Waals surface area contributed by atoms with Gasteiger partial charge in [0.15, 0.2) is 0 Å². The van der Waals surface area contributed by atoms with Crippen molar-refractivity contribution in [1.82, 2.24) is 14.8 Å². The Kier molecular flexibility index (Phi) is 2.98. The van der Waals surface area contributed by atoms with Gasteiger partial charge in [-0.15, -0.1) is 10.2 Å². The molecule has 1 aromatic rings. The zero-order chi connectivity index (χ0) is 11.5. The first-order valence-electron chi connectivity index (χ1n) is 5.44. The van der Waals surface area contributed by atoms with Crippen LogP contribution in [0.5, 0.6) is 0 Å². The summed E-state index contributed by atoms with van der Waals surface area (Å²) >= 11 is 0.